The Labute approximate surface area is 126 Å². The van der Waals surface area contributed by atoms with Crippen LogP contribution >= 0.6 is 11.3 Å². The number of phenolic OH excluding ortho intramolecular Hbond substituents is 2. The van der Waals surface area contributed by atoms with Crippen LogP contribution in [0.5, 0.6) is 11.5 Å². The van der Waals surface area contributed by atoms with Gasteiger partial charge in [-0.15, -0.1) is 11.3 Å². The number of carboxylic acids is 1. The van der Waals surface area contributed by atoms with Crippen LogP contribution in [0.15, 0.2) is 35.7 Å². The molecule has 0 fully saturated rings. The maximum absolute atomic E-state index is 11.0. The number of aromatic hydroxyl groups is 2. The lowest BCUT2D eigenvalue weighted by molar-refractivity contribution is -0.137. The molecule has 21 heavy (non-hydrogen) atoms. The Kier molecular flexibility index (Phi) is 4.82. The van der Waals surface area contributed by atoms with Crippen LogP contribution in [0.1, 0.15) is 35.9 Å². The first kappa shape index (κ1) is 15.3. The lowest BCUT2D eigenvalue weighted by Gasteiger charge is -2.22. The van der Waals surface area contributed by atoms with Crippen molar-refractivity contribution in [2.45, 2.75) is 25.4 Å². The molecule has 0 bridgehead atoms. The molecular formula is C15H17NO4S. The molecule has 0 radical (unpaired) electrons. The third-order valence-electron chi connectivity index (χ3n) is 3.14. The van der Waals surface area contributed by atoms with Gasteiger partial charge in [-0.1, -0.05) is 6.07 Å². The van der Waals surface area contributed by atoms with Crippen molar-refractivity contribution in [1.82, 2.24) is 5.32 Å². The Bertz CT molecular complexity index is 592. The van der Waals surface area contributed by atoms with Crippen LogP contribution in [0.25, 0.3) is 0 Å². The average Bonchev–Trinajstić information content (AvgIpc) is 2.89. The molecule has 0 aliphatic rings. The van der Waals surface area contributed by atoms with Gasteiger partial charge in [-0.2, -0.15) is 0 Å². The van der Waals surface area contributed by atoms with E-state index < -0.39 is 5.97 Å². The first-order valence-electron chi connectivity index (χ1n) is 6.50. The maximum Gasteiger partial charge on any atom is 0.305 e. The van der Waals surface area contributed by atoms with E-state index in [1.165, 1.54) is 17.4 Å². The highest BCUT2D eigenvalue weighted by atomic mass is 32.1. The summed E-state index contributed by atoms with van der Waals surface area (Å²) >= 11 is 1.49. The van der Waals surface area contributed by atoms with Crippen molar-refractivity contribution in [1.29, 1.82) is 0 Å². The zero-order valence-electron chi connectivity index (χ0n) is 11.5. The van der Waals surface area contributed by atoms with Gasteiger partial charge in [-0.05, 0) is 36.1 Å². The van der Waals surface area contributed by atoms with Gasteiger partial charge in [-0.25, -0.2) is 0 Å². The molecule has 0 amide bonds. The van der Waals surface area contributed by atoms with Crippen molar-refractivity contribution >= 4 is 17.3 Å². The SMILES string of the molecule is CC(NC(CC(=O)O)c1cccs1)c1cc(O)cc(O)c1. The fourth-order valence-corrected chi connectivity index (χ4v) is 2.96. The van der Waals surface area contributed by atoms with E-state index in [1.54, 1.807) is 12.1 Å². The van der Waals surface area contributed by atoms with E-state index in [4.69, 9.17) is 5.11 Å². The molecule has 2 unspecified atom stereocenters. The molecule has 0 saturated heterocycles. The van der Waals surface area contributed by atoms with Crippen LogP contribution in [-0.4, -0.2) is 21.3 Å². The highest BCUT2D eigenvalue weighted by molar-refractivity contribution is 7.10. The number of aliphatic carboxylic acids is 1. The van der Waals surface area contributed by atoms with Gasteiger partial charge >= 0.3 is 5.97 Å². The standard InChI is InChI=1S/C15H17NO4S/c1-9(10-5-11(17)7-12(18)6-10)16-13(8-15(19)20)14-3-2-4-21-14/h2-7,9,13,16-18H,8H2,1H3,(H,19,20). The largest absolute Gasteiger partial charge is 0.508 e. The van der Waals surface area contributed by atoms with E-state index in [9.17, 15) is 15.0 Å². The molecule has 0 aliphatic heterocycles. The van der Waals surface area contributed by atoms with Crippen LogP contribution in [0.4, 0.5) is 0 Å². The molecule has 112 valence electrons. The van der Waals surface area contributed by atoms with Crippen LogP contribution in [0, 0.1) is 0 Å². The lowest BCUT2D eigenvalue weighted by Crippen LogP contribution is -2.26. The Morgan fingerprint density at radius 2 is 1.95 bits per heavy atom. The molecular weight excluding hydrogens is 290 g/mol. The van der Waals surface area contributed by atoms with Crippen LogP contribution in [0.2, 0.25) is 0 Å². The number of phenols is 2. The number of carboxylic acid groups (broad SMARTS) is 1. The van der Waals surface area contributed by atoms with Crippen LogP contribution < -0.4 is 5.32 Å². The minimum absolute atomic E-state index is 0.0236. The first-order chi connectivity index (χ1) is 9.95. The second kappa shape index (κ2) is 6.60. The molecule has 4 N–H and O–H groups in total. The minimum atomic E-state index is -0.883. The predicted octanol–water partition coefficient (Wildman–Crippen LogP) is 3.03. The number of rotatable bonds is 6. The van der Waals surface area contributed by atoms with E-state index in [-0.39, 0.29) is 30.0 Å². The minimum Gasteiger partial charge on any atom is -0.508 e. The molecule has 1 heterocycles. The van der Waals surface area contributed by atoms with Gasteiger partial charge in [0.2, 0.25) is 0 Å². The number of nitrogens with one attached hydrogen (secondary N) is 1. The number of benzene rings is 1. The quantitative estimate of drug-likeness (QED) is 0.658. The van der Waals surface area contributed by atoms with Gasteiger partial charge in [0.05, 0.1) is 12.5 Å². The smallest absolute Gasteiger partial charge is 0.305 e. The third-order valence-corrected chi connectivity index (χ3v) is 4.13. The maximum atomic E-state index is 11.0. The topological polar surface area (TPSA) is 89.8 Å². The molecule has 1 aromatic heterocycles. The lowest BCUT2D eigenvalue weighted by atomic mass is 10.0. The summed E-state index contributed by atoms with van der Waals surface area (Å²) in [5.41, 5.74) is 0.694. The fourth-order valence-electron chi connectivity index (χ4n) is 2.17. The number of thiophene rings is 1. The summed E-state index contributed by atoms with van der Waals surface area (Å²) in [5.74, 6) is -0.930. The van der Waals surface area contributed by atoms with Crippen molar-refractivity contribution in [3.05, 3.63) is 46.2 Å². The summed E-state index contributed by atoms with van der Waals surface area (Å²) in [7, 11) is 0. The zero-order valence-corrected chi connectivity index (χ0v) is 12.3. The van der Waals surface area contributed by atoms with E-state index in [1.807, 2.05) is 24.4 Å². The van der Waals surface area contributed by atoms with E-state index >= 15 is 0 Å². The number of carbonyl (C=O) groups is 1. The molecule has 5 nitrogen and oxygen atoms in total. The average molecular weight is 307 g/mol. The van der Waals surface area contributed by atoms with Gasteiger partial charge in [0, 0.05) is 17.0 Å². The van der Waals surface area contributed by atoms with Gasteiger partial charge in [0.1, 0.15) is 11.5 Å². The second-order valence-electron chi connectivity index (χ2n) is 4.84. The summed E-state index contributed by atoms with van der Waals surface area (Å²) in [6.07, 6.45) is -0.0321. The summed E-state index contributed by atoms with van der Waals surface area (Å²) in [6.45, 7) is 1.86. The monoisotopic (exact) mass is 307 g/mol. The molecule has 0 aliphatic carbocycles. The van der Waals surface area contributed by atoms with Crippen molar-refractivity contribution in [3.63, 3.8) is 0 Å². The van der Waals surface area contributed by atoms with Crippen molar-refractivity contribution < 1.29 is 20.1 Å². The Hall–Kier alpha value is -2.05. The Morgan fingerprint density at radius 1 is 1.29 bits per heavy atom. The second-order valence-corrected chi connectivity index (χ2v) is 5.82. The number of hydrogen-bond acceptors (Lipinski definition) is 5. The molecule has 0 spiro atoms. The molecule has 0 saturated carbocycles. The normalized spacial score (nSPS) is 13.8. The van der Waals surface area contributed by atoms with Gasteiger partial charge in [0.25, 0.3) is 0 Å². The summed E-state index contributed by atoms with van der Waals surface area (Å²) in [4.78, 5) is 12.0. The Morgan fingerprint density at radius 3 is 2.48 bits per heavy atom. The van der Waals surface area contributed by atoms with Crippen LogP contribution in [-0.2, 0) is 4.79 Å². The Balaban J connectivity index is 2.17. The van der Waals surface area contributed by atoms with Gasteiger partial charge < -0.3 is 20.6 Å². The van der Waals surface area contributed by atoms with Crippen molar-refractivity contribution in [2.75, 3.05) is 0 Å². The van der Waals surface area contributed by atoms with E-state index in [2.05, 4.69) is 5.32 Å². The third kappa shape index (κ3) is 4.21. The highest BCUT2D eigenvalue weighted by Crippen LogP contribution is 2.29. The molecule has 1 aromatic carbocycles. The first-order valence-corrected chi connectivity index (χ1v) is 7.38. The van der Waals surface area contributed by atoms with E-state index in [0.29, 0.717) is 5.56 Å². The molecule has 6 heteroatoms. The van der Waals surface area contributed by atoms with Crippen LogP contribution in [0.3, 0.4) is 0 Å². The highest BCUT2D eigenvalue weighted by Gasteiger charge is 2.20. The summed E-state index contributed by atoms with van der Waals surface area (Å²) < 4.78 is 0. The predicted molar refractivity (Wildman–Crippen MR) is 80.6 cm³/mol. The summed E-state index contributed by atoms with van der Waals surface area (Å²) in [5, 5.41) is 33.2. The zero-order chi connectivity index (χ0) is 15.4. The number of hydrogen-bond donors (Lipinski definition) is 4. The molecule has 2 aromatic rings. The summed E-state index contributed by atoms with van der Waals surface area (Å²) in [6, 6.07) is 7.58. The van der Waals surface area contributed by atoms with Gasteiger partial charge in [0.15, 0.2) is 0 Å². The van der Waals surface area contributed by atoms with Gasteiger partial charge in [-0.3, -0.25) is 4.79 Å². The molecule has 2 rings (SSSR count). The molecule has 2 atom stereocenters. The fraction of sp³-hybridized carbons (Fsp3) is 0.267. The van der Waals surface area contributed by atoms with E-state index in [0.717, 1.165) is 4.88 Å². The van der Waals surface area contributed by atoms with Crippen molar-refractivity contribution in [3.8, 4) is 11.5 Å². The van der Waals surface area contributed by atoms with Crippen molar-refractivity contribution in [2.24, 2.45) is 0 Å².